The van der Waals surface area contributed by atoms with Gasteiger partial charge in [-0.2, -0.15) is 0 Å². The SMILES string of the molecule is Cc1cc(Nc2ccc3c(c2)C(C)(C)CCC3(C)C)c2c(c1)N(c1ccc(C(C)(C)C)c3c1-c1ccccc1C3(C)C)c1c(oc3ccc(C(C)(C)C)cc13)B2c1cc2c(cc1C)C(C)(C)CCC2(C)C. The summed E-state index contributed by atoms with van der Waals surface area (Å²) in [6, 6.07) is 38.4. The van der Waals surface area contributed by atoms with Gasteiger partial charge in [-0.1, -0.05) is 176 Å². The Hall–Kier alpha value is -5.48. The first-order chi connectivity index (χ1) is 33.0. The van der Waals surface area contributed by atoms with Crippen LogP contribution in [-0.4, -0.2) is 6.71 Å². The third-order valence-corrected chi connectivity index (χ3v) is 18.3. The molecule has 11 rings (SSSR count). The summed E-state index contributed by atoms with van der Waals surface area (Å²) in [5, 5.41) is 5.37. The fourth-order valence-electron chi connectivity index (χ4n) is 13.7. The molecule has 0 bridgehead atoms. The number of nitrogens with one attached hydrogen (secondary N) is 1. The molecule has 1 N–H and O–H groups in total. The summed E-state index contributed by atoms with van der Waals surface area (Å²) in [5.41, 5.74) is 26.9. The van der Waals surface area contributed by atoms with E-state index < -0.39 is 0 Å². The molecule has 4 aliphatic rings. The van der Waals surface area contributed by atoms with Crippen molar-refractivity contribution in [3.05, 3.63) is 153 Å². The van der Waals surface area contributed by atoms with Gasteiger partial charge < -0.3 is 14.6 Å². The minimum Gasteiger partial charge on any atom is -0.468 e. The van der Waals surface area contributed by atoms with Crippen LogP contribution in [0.1, 0.15) is 192 Å². The maximum atomic E-state index is 7.62. The molecule has 0 saturated carbocycles. The molecule has 3 aliphatic carbocycles. The fourth-order valence-corrected chi connectivity index (χ4v) is 13.7. The van der Waals surface area contributed by atoms with Gasteiger partial charge in [0.2, 0.25) is 0 Å². The highest BCUT2D eigenvalue weighted by molar-refractivity contribution is 6.98. The molecule has 3 nitrogen and oxygen atoms in total. The average Bonchev–Trinajstić information content (AvgIpc) is 3.77. The van der Waals surface area contributed by atoms with E-state index in [0.717, 1.165) is 40.1 Å². The second-order valence-electron chi connectivity index (χ2n) is 27.8. The lowest BCUT2D eigenvalue weighted by Crippen LogP contribution is -2.58. The largest absolute Gasteiger partial charge is 0.468 e. The maximum absolute atomic E-state index is 7.62. The molecule has 0 atom stereocenters. The summed E-state index contributed by atoms with van der Waals surface area (Å²) in [5.74, 6) is 0. The monoisotopic (exact) mass is 939 g/mol. The molecule has 2 heterocycles. The highest BCUT2D eigenvalue weighted by Gasteiger charge is 2.48. The van der Waals surface area contributed by atoms with E-state index in [-0.39, 0.29) is 44.6 Å². The molecule has 71 heavy (non-hydrogen) atoms. The number of hydrogen-bond donors (Lipinski definition) is 1. The van der Waals surface area contributed by atoms with Crippen molar-refractivity contribution in [1.29, 1.82) is 0 Å². The second-order valence-corrected chi connectivity index (χ2v) is 27.8. The van der Waals surface area contributed by atoms with Gasteiger partial charge in [-0.15, -0.1) is 0 Å². The van der Waals surface area contributed by atoms with Crippen LogP contribution >= 0.6 is 0 Å². The Kier molecular flexibility index (Phi) is 10.3. The van der Waals surface area contributed by atoms with Gasteiger partial charge in [0, 0.05) is 33.4 Å². The van der Waals surface area contributed by atoms with Crippen molar-refractivity contribution in [2.75, 3.05) is 10.2 Å². The molecule has 7 aromatic rings. The first-order valence-corrected chi connectivity index (χ1v) is 26.9. The highest BCUT2D eigenvalue weighted by atomic mass is 16.3. The van der Waals surface area contributed by atoms with Crippen LogP contribution in [0.4, 0.5) is 28.4 Å². The van der Waals surface area contributed by atoms with Crippen LogP contribution in [0.2, 0.25) is 0 Å². The van der Waals surface area contributed by atoms with E-state index in [9.17, 15) is 0 Å². The zero-order valence-electron chi connectivity index (χ0n) is 46.5. The lowest BCUT2D eigenvalue weighted by Gasteiger charge is -2.43. The summed E-state index contributed by atoms with van der Waals surface area (Å²) in [4.78, 5) is 2.65. The minimum atomic E-state index is -0.207. The molecule has 0 fully saturated rings. The smallest absolute Gasteiger partial charge is 0.295 e. The highest BCUT2D eigenvalue weighted by Crippen LogP contribution is 2.58. The predicted molar refractivity (Wildman–Crippen MR) is 307 cm³/mol. The molecule has 1 aromatic heterocycles. The van der Waals surface area contributed by atoms with Crippen molar-refractivity contribution in [3.63, 3.8) is 0 Å². The number of fused-ring (bicyclic) bond motifs is 9. The minimum absolute atomic E-state index is 0.0305. The van der Waals surface area contributed by atoms with Crippen molar-refractivity contribution < 1.29 is 4.42 Å². The maximum Gasteiger partial charge on any atom is 0.295 e. The first-order valence-electron chi connectivity index (χ1n) is 26.9. The number of rotatable bonds is 4. The second kappa shape index (κ2) is 15.3. The summed E-state index contributed by atoms with van der Waals surface area (Å²) in [6.07, 6.45) is 4.69. The van der Waals surface area contributed by atoms with Crippen molar-refractivity contribution >= 4 is 62.7 Å². The lowest BCUT2D eigenvalue weighted by molar-refractivity contribution is 0.332. The van der Waals surface area contributed by atoms with Crippen LogP contribution in [-0.2, 0) is 37.9 Å². The van der Waals surface area contributed by atoms with Gasteiger partial charge >= 0.3 is 0 Å². The molecule has 0 radical (unpaired) electrons. The topological polar surface area (TPSA) is 28.4 Å². The molecule has 366 valence electrons. The van der Waals surface area contributed by atoms with Crippen LogP contribution < -0.4 is 26.8 Å². The van der Waals surface area contributed by atoms with Crippen molar-refractivity contribution in [2.45, 2.75) is 188 Å². The molecule has 0 amide bonds. The molecular weight excluding hydrogens is 860 g/mol. The predicted octanol–water partition coefficient (Wildman–Crippen LogP) is 16.7. The van der Waals surface area contributed by atoms with E-state index in [1.54, 1.807) is 0 Å². The Bertz CT molecular complexity index is 3370. The van der Waals surface area contributed by atoms with Crippen LogP contribution in [0, 0.1) is 13.8 Å². The molecule has 0 unspecified atom stereocenters. The van der Waals surface area contributed by atoms with Gasteiger partial charge in [-0.05, 0) is 176 Å². The zero-order chi connectivity index (χ0) is 50.9. The Morgan fingerprint density at radius 3 is 1.85 bits per heavy atom. The van der Waals surface area contributed by atoms with E-state index in [2.05, 4.69) is 232 Å². The van der Waals surface area contributed by atoms with Gasteiger partial charge in [0.1, 0.15) is 5.58 Å². The van der Waals surface area contributed by atoms with Gasteiger partial charge in [0.15, 0.2) is 0 Å². The summed E-state index contributed by atoms with van der Waals surface area (Å²) in [7, 11) is 0. The number of hydrogen-bond acceptors (Lipinski definition) is 3. The van der Waals surface area contributed by atoms with Crippen molar-refractivity contribution in [1.82, 2.24) is 0 Å². The van der Waals surface area contributed by atoms with E-state index in [4.69, 9.17) is 4.42 Å². The van der Waals surface area contributed by atoms with E-state index in [0.29, 0.717) is 0 Å². The van der Waals surface area contributed by atoms with Gasteiger partial charge in [0.25, 0.3) is 6.71 Å². The first kappa shape index (κ1) is 47.8. The molecular formula is C67H79BN2O. The van der Waals surface area contributed by atoms with Crippen molar-refractivity contribution in [3.8, 4) is 11.1 Å². The summed E-state index contributed by atoms with van der Waals surface area (Å²) < 4.78 is 7.62. The van der Waals surface area contributed by atoms with Crippen LogP contribution in [0.5, 0.6) is 0 Å². The number of anilines is 5. The van der Waals surface area contributed by atoms with E-state index in [1.165, 1.54) is 108 Å². The number of nitrogens with zero attached hydrogens (tertiary/aromatic N) is 1. The number of benzene rings is 6. The average molecular weight is 939 g/mol. The molecule has 0 saturated heterocycles. The van der Waals surface area contributed by atoms with Gasteiger partial charge in [-0.25, -0.2) is 0 Å². The molecule has 4 heteroatoms. The van der Waals surface area contributed by atoms with E-state index >= 15 is 0 Å². The van der Waals surface area contributed by atoms with Crippen molar-refractivity contribution in [2.24, 2.45) is 0 Å². The molecule has 6 aromatic carbocycles. The summed E-state index contributed by atoms with van der Waals surface area (Å²) >= 11 is 0. The quantitative estimate of drug-likeness (QED) is 0.178. The fraction of sp³-hybridized carbons (Fsp3) is 0.433. The standard InChI is InChI=1S/C67H79BN2O/c1-39-33-52(69-42-24-25-46-49(37-42)65(13,14)30-29-63(46,9)10)58-54(34-39)70(53-27-26-47(62(6,7)8)57-56(53)43-21-19-20-22-45(43)67(57,17)18)59-44-36-41(61(3,4)5)23-28-55(44)71-60(59)68(58)51-38-50-48(35-40(51)2)64(11,12)31-32-66(50,15)16/h19-28,33-38,69H,29-32H2,1-18H3. The lowest BCUT2D eigenvalue weighted by atomic mass is 9.35. The molecule has 1 aliphatic heterocycles. The van der Waals surface area contributed by atoms with Crippen LogP contribution in [0.3, 0.4) is 0 Å². The third kappa shape index (κ3) is 7.25. The normalized spacial score (nSPS) is 18.8. The Morgan fingerprint density at radius 1 is 0.577 bits per heavy atom. The summed E-state index contributed by atoms with van der Waals surface area (Å²) in [6.45, 7) is 43.0. The Morgan fingerprint density at radius 2 is 1.20 bits per heavy atom. The number of aryl methyl sites for hydroxylation is 2. The molecule has 0 spiro atoms. The van der Waals surface area contributed by atoms with E-state index in [1.807, 2.05) is 0 Å². The Labute approximate surface area is 427 Å². The number of furan rings is 1. The zero-order valence-corrected chi connectivity index (χ0v) is 46.5. The van der Waals surface area contributed by atoms with Gasteiger partial charge in [-0.3, -0.25) is 0 Å². The van der Waals surface area contributed by atoms with Gasteiger partial charge in [0.05, 0.1) is 17.0 Å². The third-order valence-electron chi connectivity index (χ3n) is 18.3. The van der Waals surface area contributed by atoms with Crippen LogP contribution in [0.25, 0.3) is 22.1 Å². The van der Waals surface area contributed by atoms with Crippen LogP contribution in [0.15, 0.2) is 101 Å². The Balaban J connectivity index is 1.28.